The molecule has 1 rings (SSSR count). The van der Waals surface area contributed by atoms with E-state index in [1.54, 1.807) is 0 Å². The van der Waals surface area contributed by atoms with Crippen molar-refractivity contribution < 1.29 is 28.3 Å². The maximum Gasteiger partial charge on any atom is 0.469 e. The van der Waals surface area contributed by atoms with Gasteiger partial charge in [-0.05, 0) is 32.6 Å². The second-order valence-electron chi connectivity index (χ2n) is 8.33. The van der Waals surface area contributed by atoms with Crippen LogP contribution in [0.3, 0.4) is 0 Å². The maximum absolute atomic E-state index is 11.0. The van der Waals surface area contributed by atoms with Gasteiger partial charge in [-0.25, -0.2) is 4.57 Å². The molecule has 7 heteroatoms. The Bertz CT molecular complexity index is 544. The zero-order valence-corrected chi connectivity index (χ0v) is 20.0. The van der Waals surface area contributed by atoms with Gasteiger partial charge < -0.3 is 19.3 Å². The summed E-state index contributed by atoms with van der Waals surface area (Å²) >= 11 is 0. The molecule has 3 unspecified atom stereocenters. The lowest BCUT2D eigenvalue weighted by Crippen LogP contribution is -2.32. The van der Waals surface area contributed by atoms with Crippen LogP contribution in [0.2, 0.25) is 0 Å². The molecule has 0 heterocycles. The van der Waals surface area contributed by atoms with Gasteiger partial charge in [-0.15, -0.1) is 0 Å². The summed E-state index contributed by atoms with van der Waals surface area (Å²) in [6.07, 6.45) is 20.0. The first-order valence-corrected chi connectivity index (χ1v) is 13.2. The summed E-state index contributed by atoms with van der Waals surface area (Å²) in [7, 11) is -4.49. The number of rotatable bonds is 18. The van der Waals surface area contributed by atoms with E-state index in [0.717, 1.165) is 19.3 Å². The van der Waals surface area contributed by atoms with Crippen molar-refractivity contribution in [1.82, 2.24) is 0 Å². The zero-order chi connectivity index (χ0) is 22.3. The zero-order valence-electron chi connectivity index (χ0n) is 19.1. The van der Waals surface area contributed by atoms with Crippen LogP contribution in [0, 0.1) is 0 Å². The molecular formula is C23H43O6P. The largest absolute Gasteiger partial charge is 0.469 e. The number of phosphoric acid groups is 1. The van der Waals surface area contributed by atoms with Gasteiger partial charge in [0.05, 0.1) is 31.0 Å². The second-order valence-corrected chi connectivity index (χ2v) is 9.53. The summed E-state index contributed by atoms with van der Waals surface area (Å²) in [5.41, 5.74) is -0.215. The van der Waals surface area contributed by atoms with Crippen molar-refractivity contribution >= 4 is 7.82 Å². The maximum atomic E-state index is 11.0. The van der Waals surface area contributed by atoms with Crippen LogP contribution in [0.4, 0.5) is 0 Å². The molecule has 0 spiro atoms. The number of hydrogen-bond donors (Lipinski definition) is 2. The molecule has 0 aromatic rings. The van der Waals surface area contributed by atoms with E-state index < -0.39 is 13.9 Å². The minimum Gasteiger partial charge on any atom is -0.376 e. The quantitative estimate of drug-likeness (QED) is 0.196. The van der Waals surface area contributed by atoms with Crippen LogP contribution in [-0.2, 0) is 18.6 Å². The molecular weight excluding hydrogens is 403 g/mol. The van der Waals surface area contributed by atoms with Gasteiger partial charge in [0.15, 0.2) is 0 Å². The van der Waals surface area contributed by atoms with Crippen molar-refractivity contribution in [3.8, 4) is 0 Å². The van der Waals surface area contributed by atoms with Gasteiger partial charge in [0, 0.05) is 0 Å². The fourth-order valence-electron chi connectivity index (χ4n) is 3.59. The molecule has 176 valence electrons. The molecule has 0 bridgehead atoms. The van der Waals surface area contributed by atoms with E-state index in [2.05, 4.69) is 31.2 Å². The molecule has 0 aromatic carbocycles. The fourth-order valence-corrected chi connectivity index (χ4v) is 4.19. The summed E-state index contributed by atoms with van der Waals surface area (Å²) in [5.74, 6) is 0. The summed E-state index contributed by atoms with van der Waals surface area (Å²) in [5, 5.41) is 0. The SMILES string of the molecule is CCCCCCCCCC1(OCCC(C)OCC(CC)OP(=O)(O)O)C=CC=CC1. The van der Waals surface area contributed by atoms with E-state index in [0.29, 0.717) is 13.0 Å². The highest BCUT2D eigenvalue weighted by molar-refractivity contribution is 7.46. The Hall–Kier alpha value is -0.490. The minimum absolute atomic E-state index is 0.0712. The Morgan fingerprint density at radius 1 is 1.07 bits per heavy atom. The Labute approximate surface area is 183 Å². The molecule has 3 atom stereocenters. The van der Waals surface area contributed by atoms with Crippen molar-refractivity contribution in [3.63, 3.8) is 0 Å². The first-order chi connectivity index (χ1) is 14.3. The first kappa shape index (κ1) is 27.5. The predicted octanol–water partition coefficient (Wildman–Crippen LogP) is 6.08. The van der Waals surface area contributed by atoms with Crippen molar-refractivity contribution in [2.24, 2.45) is 0 Å². The van der Waals surface area contributed by atoms with Gasteiger partial charge in [-0.2, -0.15) is 0 Å². The van der Waals surface area contributed by atoms with Crippen LogP contribution in [0.25, 0.3) is 0 Å². The highest BCUT2D eigenvalue weighted by atomic mass is 31.2. The van der Waals surface area contributed by atoms with E-state index >= 15 is 0 Å². The lowest BCUT2D eigenvalue weighted by Gasteiger charge is -2.32. The molecule has 0 saturated carbocycles. The number of unbranched alkanes of at least 4 members (excludes halogenated alkanes) is 6. The third-order valence-electron chi connectivity index (χ3n) is 5.54. The molecule has 1 aliphatic carbocycles. The van der Waals surface area contributed by atoms with E-state index in [1.807, 2.05) is 13.8 Å². The molecule has 0 aromatic heterocycles. The number of allylic oxidation sites excluding steroid dienone is 2. The summed E-state index contributed by atoms with van der Waals surface area (Å²) < 4.78 is 27.8. The molecule has 0 fully saturated rings. The topological polar surface area (TPSA) is 85.2 Å². The fraction of sp³-hybridized carbons (Fsp3) is 0.826. The second kappa shape index (κ2) is 15.3. The average molecular weight is 447 g/mol. The van der Waals surface area contributed by atoms with Crippen molar-refractivity contribution in [3.05, 3.63) is 24.3 Å². The Kier molecular flexibility index (Phi) is 14.1. The lowest BCUT2D eigenvalue weighted by molar-refractivity contribution is -0.0490. The predicted molar refractivity (Wildman–Crippen MR) is 121 cm³/mol. The van der Waals surface area contributed by atoms with Gasteiger partial charge >= 0.3 is 7.82 Å². The van der Waals surface area contributed by atoms with Gasteiger partial charge in [-0.3, -0.25) is 4.52 Å². The molecule has 30 heavy (non-hydrogen) atoms. The molecule has 0 aliphatic heterocycles. The third-order valence-corrected chi connectivity index (χ3v) is 6.11. The van der Waals surface area contributed by atoms with Gasteiger partial charge in [-0.1, -0.05) is 83.1 Å². The van der Waals surface area contributed by atoms with Gasteiger partial charge in [0.25, 0.3) is 0 Å². The van der Waals surface area contributed by atoms with E-state index in [-0.39, 0.29) is 18.3 Å². The summed E-state index contributed by atoms with van der Waals surface area (Å²) in [6, 6.07) is 0. The Morgan fingerprint density at radius 2 is 1.77 bits per heavy atom. The normalized spacial score (nSPS) is 21.1. The van der Waals surface area contributed by atoms with Crippen LogP contribution in [-0.4, -0.2) is 40.8 Å². The van der Waals surface area contributed by atoms with Crippen molar-refractivity contribution in [2.75, 3.05) is 13.2 Å². The molecule has 0 amide bonds. The van der Waals surface area contributed by atoms with Crippen LogP contribution >= 0.6 is 7.82 Å². The van der Waals surface area contributed by atoms with Crippen LogP contribution in [0.15, 0.2) is 24.3 Å². The highest BCUT2D eigenvalue weighted by Crippen LogP contribution is 2.38. The van der Waals surface area contributed by atoms with Gasteiger partial charge in [0.2, 0.25) is 0 Å². The molecule has 2 N–H and O–H groups in total. The number of phosphoric ester groups is 1. The lowest BCUT2D eigenvalue weighted by atomic mass is 9.89. The van der Waals surface area contributed by atoms with Crippen molar-refractivity contribution in [2.45, 2.75) is 109 Å². The first-order valence-electron chi connectivity index (χ1n) is 11.6. The summed E-state index contributed by atoms with van der Waals surface area (Å²) in [4.78, 5) is 17.9. The number of ether oxygens (including phenoxy) is 2. The number of hydrogen-bond acceptors (Lipinski definition) is 4. The Balaban J connectivity index is 2.32. The molecule has 0 radical (unpaired) electrons. The van der Waals surface area contributed by atoms with Crippen molar-refractivity contribution in [1.29, 1.82) is 0 Å². The average Bonchev–Trinajstić information content (AvgIpc) is 2.70. The monoisotopic (exact) mass is 446 g/mol. The highest BCUT2D eigenvalue weighted by Gasteiger charge is 2.28. The van der Waals surface area contributed by atoms with Crippen LogP contribution < -0.4 is 0 Å². The smallest absolute Gasteiger partial charge is 0.376 e. The summed E-state index contributed by atoms with van der Waals surface area (Å²) in [6.45, 7) is 6.76. The molecule has 1 aliphatic rings. The Morgan fingerprint density at radius 3 is 2.37 bits per heavy atom. The van der Waals surface area contributed by atoms with E-state index in [9.17, 15) is 4.57 Å². The third kappa shape index (κ3) is 13.0. The van der Waals surface area contributed by atoms with Crippen LogP contribution in [0.1, 0.15) is 91.4 Å². The standard InChI is InChI=1S/C23H43O6P/c1-4-6-7-8-9-10-12-16-23(17-13-11-14-18-23)28-19-15-21(3)27-20-22(5-2)29-30(24,25)26/h11,13-14,17,21-22H,4-10,12,15-16,18-20H2,1-3H3,(H2,24,25,26). The molecule has 0 saturated heterocycles. The van der Waals surface area contributed by atoms with Gasteiger partial charge in [0.1, 0.15) is 0 Å². The van der Waals surface area contributed by atoms with E-state index in [4.69, 9.17) is 23.8 Å². The minimum atomic E-state index is -4.49. The molecule has 6 nitrogen and oxygen atoms in total. The van der Waals surface area contributed by atoms with E-state index in [1.165, 1.54) is 44.9 Å². The van der Waals surface area contributed by atoms with Crippen LogP contribution in [0.5, 0.6) is 0 Å².